The number of nitrogens with one attached hydrogen (secondary N) is 1. The van der Waals surface area contributed by atoms with Crippen LogP contribution < -0.4 is 5.32 Å². The molecule has 2 heteroatoms. The molecule has 1 unspecified atom stereocenters. The van der Waals surface area contributed by atoms with E-state index in [1.807, 2.05) is 6.08 Å². The fourth-order valence-electron chi connectivity index (χ4n) is 1.33. The summed E-state index contributed by atoms with van der Waals surface area (Å²) in [6.45, 7) is 8.98. The molecule has 0 saturated heterocycles. The largest absolute Gasteiger partial charge is 0.380 e. The third-order valence-electron chi connectivity index (χ3n) is 2.08. The molecule has 1 atom stereocenters. The van der Waals surface area contributed by atoms with Gasteiger partial charge in [0.1, 0.15) is 0 Å². The summed E-state index contributed by atoms with van der Waals surface area (Å²) in [6.07, 6.45) is 6.65. The van der Waals surface area contributed by atoms with E-state index in [-0.39, 0.29) is 0 Å². The molecular formula is C11H21NS. The van der Waals surface area contributed by atoms with Crippen molar-refractivity contribution in [1.82, 2.24) is 5.32 Å². The zero-order valence-electron chi connectivity index (χ0n) is 8.81. The molecule has 0 aromatic carbocycles. The first-order valence-corrected chi connectivity index (χ1v) is 5.55. The molecule has 0 amide bonds. The molecule has 0 rings (SSSR count). The molecule has 0 aromatic heterocycles. The predicted molar refractivity (Wildman–Crippen MR) is 64.1 cm³/mol. The highest BCUT2D eigenvalue weighted by atomic mass is 32.1. The monoisotopic (exact) mass is 199 g/mol. The van der Waals surface area contributed by atoms with Gasteiger partial charge in [-0.15, -0.1) is 6.58 Å². The molecule has 0 aliphatic rings. The number of thiocarbonyl (C=S) groups is 1. The van der Waals surface area contributed by atoms with Crippen LogP contribution in [-0.4, -0.2) is 11.5 Å². The van der Waals surface area contributed by atoms with Gasteiger partial charge in [-0.3, -0.25) is 0 Å². The van der Waals surface area contributed by atoms with Gasteiger partial charge < -0.3 is 5.32 Å². The number of allylic oxidation sites excluding steroid dienone is 1. The van der Waals surface area contributed by atoms with Crippen molar-refractivity contribution in [3.05, 3.63) is 12.7 Å². The van der Waals surface area contributed by atoms with Crippen LogP contribution in [0.2, 0.25) is 0 Å². The summed E-state index contributed by atoms with van der Waals surface area (Å²) in [5, 5.41) is 3.22. The van der Waals surface area contributed by atoms with E-state index in [0.717, 1.165) is 18.0 Å². The van der Waals surface area contributed by atoms with Crippen molar-refractivity contribution in [2.75, 3.05) is 6.54 Å². The van der Waals surface area contributed by atoms with Gasteiger partial charge in [0.2, 0.25) is 0 Å². The van der Waals surface area contributed by atoms with Gasteiger partial charge in [-0.2, -0.15) is 0 Å². The van der Waals surface area contributed by atoms with Crippen LogP contribution in [0.3, 0.4) is 0 Å². The molecule has 0 heterocycles. The third-order valence-corrected chi connectivity index (χ3v) is 2.56. The maximum atomic E-state index is 5.29. The Hall–Kier alpha value is -0.370. The Bertz CT molecular complexity index is 154. The minimum atomic E-state index is 0.507. The summed E-state index contributed by atoms with van der Waals surface area (Å²) < 4.78 is 0. The second-order valence-corrected chi connectivity index (χ2v) is 3.70. The van der Waals surface area contributed by atoms with Crippen LogP contribution in [0.1, 0.15) is 39.5 Å². The van der Waals surface area contributed by atoms with Crippen LogP contribution in [-0.2, 0) is 0 Å². The summed E-state index contributed by atoms with van der Waals surface area (Å²) in [6, 6.07) is 0. The van der Waals surface area contributed by atoms with Crippen LogP contribution in [0, 0.1) is 5.92 Å². The fourth-order valence-corrected chi connectivity index (χ4v) is 1.68. The van der Waals surface area contributed by atoms with Gasteiger partial charge in [0.05, 0.1) is 4.99 Å². The summed E-state index contributed by atoms with van der Waals surface area (Å²) in [7, 11) is 0. The van der Waals surface area contributed by atoms with Crippen molar-refractivity contribution in [2.24, 2.45) is 5.92 Å². The normalized spacial score (nSPS) is 12.2. The van der Waals surface area contributed by atoms with E-state index in [9.17, 15) is 0 Å². The molecular weight excluding hydrogens is 178 g/mol. The molecule has 13 heavy (non-hydrogen) atoms. The van der Waals surface area contributed by atoms with Gasteiger partial charge in [-0.05, 0) is 19.8 Å². The quantitative estimate of drug-likeness (QED) is 0.499. The molecule has 0 radical (unpaired) electrons. The smallest absolute Gasteiger partial charge is 0.0787 e. The molecule has 0 aliphatic carbocycles. The van der Waals surface area contributed by atoms with Crippen molar-refractivity contribution < 1.29 is 0 Å². The molecule has 0 spiro atoms. The maximum Gasteiger partial charge on any atom is 0.0787 e. The van der Waals surface area contributed by atoms with Gasteiger partial charge in [0.25, 0.3) is 0 Å². The fraction of sp³-hybridized carbons (Fsp3) is 0.727. The number of hydrogen-bond acceptors (Lipinski definition) is 1. The lowest BCUT2D eigenvalue weighted by Gasteiger charge is -2.16. The maximum absolute atomic E-state index is 5.29. The zero-order chi connectivity index (χ0) is 10.1. The molecule has 0 aliphatic heterocycles. The van der Waals surface area contributed by atoms with Crippen LogP contribution in [0.4, 0.5) is 0 Å². The Labute approximate surface area is 87.6 Å². The van der Waals surface area contributed by atoms with Gasteiger partial charge in [-0.25, -0.2) is 0 Å². The first-order chi connectivity index (χ1) is 6.26. The van der Waals surface area contributed by atoms with E-state index in [2.05, 4.69) is 25.7 Å². The van der Waals surface area contributed by atoms with E-state index in [0.29, 0.717) is 5.92 Å². The lowest BCUT2D eigenvalue weighted by atomic mass is 9.98. The third kappa shape index (κ3) is 5.81. The Balaban J connectivity index is 3.90. The molecule has 0 saturated carbocycles. The number of hydrogen-bond donors (Lipinski definition) is 1. The first kappa shape index (κ1) is 12.6. The van der Waals surface area contributed by atoms with E-state index < -0.39 is 0 Å². The first-order valence-electron chi connectivity index (χ1n) is 5.14. The van der Waals surface area contributed by atoms with E-state index in [1.54, 1.807) is 0 Å². The molecule has 0 aromatic rings. The van der Waals surface area contributed by atoms with Crippen molar-refractivity contribution in [3.8, 4) is 0 Å². The van der Waals surface area contributed by atoms with Crippen LogP contribution in [0.25, 0.3) is 0 Å². The van der Waals surface area contributed by atoms with E-state index in [1.165, 1.54) is 19.3 Å². The van der Waals surface area contributed by atoms with Crippen molar-refractivity contribution >= 4 is 17.2 Å². The summed E-state index contributed by atoms with van der Waals surface area (Å²) in [4.78, 5) is 1.01. The number of rotatable bonds is 7. The summed E-state index contributed by atoms with van der Waals surface area (Å²) in [5.74, 6) is 0.507. The minimum absolute atomic E-state index is 0.507. The lowest BCUT2D eigenvalue weighted by Crippen LogP contribution is -2.28. The van der Waals surface area contributed by atoms with Gasteiger partial charge in [0.15, 0.2) is 0 Å². The van der Waals surface area contributed by atoms with Gasteiger partial charge >= 0.3 is 0 Å². The standard InChI is InChI=1S/C11H21NS/c1-4-7-9-10(8-5-2)11(13)12-6-3/h5,10H,2,4,6-9H2,1,3H3,(H,12,13). The van der Waals surface area contributed by atoms with Crippen LogP contribution >= 0.6 is 12.2 Å². The van der Waals surface area contributed by atoms with Crippen LogP contribution in [0.15, 0.2) is 12.7 Å². The average Bonchev–Trinajstić information content (AvgIpc) is 2.12. The zero-order valence-corrected chi connectivity index (χ0v) is 9.62. The summed E-state index contributed by atoms with van der Waals surface area (Å²) in [5.41, 5.74) is 0. The van der Waals surface area contributed by atoms with E-state index >= 15 is 0 Å². The second kappa shape index (κ2) is 8.24. The molecule has 1 nitrogen and oxygen atoms in total. The van der Waals surface area contributed by atoms with E-state index in [4.69, 9.17) is 12.2 Å². The lowest BCUT2D eigenvalue weighted by molar-refractivity contribution is 0.581. The molecule has 1 N–H and O–H groups in total. The SMILES string of the molecule is C=CCC(CCCC)C(=S)NCC. The molecule has 0 bridgehead atoms. The second-order valence-electron chi connectivity index (χ2n) is 3.26. The Morgan fingerprint density at radius 3 is 2.69 bits per heavy atom. The highest BCUT2D eigenvalue weighted by Gasteiger charge is 2.10. The van der Waals surface area contributed by atoms with Gasteiger partial charge in [0, 0.05) is 12.5 Å². The number of unbranched alkanes of at least 4 members (excludes halogenated alkanes) is 1. The van der Waals surface area contributed by atoms with Crippen LogP contribution in [0.5, 0.6) is 0 Å². The Morgan fingerprint density at radius 1 is 1.54 bits per heavy atom. The molecule has 76 valence electrons. The van der Waals surface area contributed by atoms with Crippen molar-refractivity contribution in [2.45, 2.75) is 39.5 Å². The Kier molecular flexibility index (Phi) is 8.00. The Morgan fingerprint density at radius 2 is 2.23 bits per heavy atom. The van der Waals surface area contributed by atoms with Crippen molar-refractivity contribution in [3.63, 3.8) is 0 Å². The average molecular weight is 199 g/mol. The minimum Gasteiger partial charge on any atom is -0.380 e. The highest BCUT2D eigenvalue weighted by molar-refractivity contribution is 7.80. The van der Waals surface area contributed by atoms with Gasteiger partial charge in [-0.1, -0.05) is 38.1 Å². The molecule has 0 fully saturated rings. The highest BCUT2D eigenvalue weighted by Crippen LogP contribution is 2.14. The summed E-state index contributed by atoms with van der Waals surface area (Å²) >= 11 is 5.29. The topological polar surface area (TPSA) is 12.0 Å². The van der Waals surface area contributed by atoms with Crippen molar-refractivity contribution in [1.29, 1.82) is 0 Å². The predicted octanol–water partition coefficient (Wildman–Crippen LogP) is 3.31.